The fourth-order valence-electron chi connectivity index (χ4n) is 0.368. The van der Waals surface area contributed by atoms with Crippen LogP contribution in [0.5, 0.6) is 0 Å². The first-order valence-electron chi connectivity index (χ1n) is 2.65. The molecule has 0 spiro atoms. The molecule has 0 unspecified atom stereocenters. The van der Waals surface area contributed by atoms with E-state index in [4.69, 9.17) is 10.8 Å². The van der Waals surface area contributed by atoms with Crippen molar-refractivity contribution < 1.29 is 12.8 Å². The topological polar surface area (TPSA) is 63.3 Å². The van der Waals surface area contributed by atoms with Gasteiger partial charge in [0.1, 0.15) is 6.04 Å². The van der Waals surface area contributed by atoms with E-state index in [0.29, 0.717) is 6.42 Å². The standard InChI is InChI=1S/C5H11NO2S.Sr.2H/c1-9-3-2-4(6)5(7)8;;;/h4H,2-3,6H2,1H3,(H,7,8);;;/q;+2;2*-1/t4-;;;/m0.../s1. The van der Waals surface area contributed by atoms with Gasteiger partial charge in [-0.1, -0.05) is 0 Å². The summed E-state index contributed by atoms with van der Waals surface area (Å²) in [6.07, 6.45) is 2.48. The van der Waals surface area contributed by atoms with Gasteiger partial charge in [-0.05, 0) is 18.4 Å². The van der Waals surface area contributed by atoms with Crippen LogP contribution >= 0.6 is 11.8 Å². The van der Waals surface area contributed by atoms with Crippen LogP contribution in [0.1, 0.15) is 9.27 Å². The Morgan fingerprint density at radius 2 is 2.40 bits per heavy atom. The van der Waals surface area contributed by atoms with Gasteiger partial charge in [0.05, 0.1) is 0 Å². The predicted octanol–water partition coefficient (Wildman–Crippen LogP) is -0.00440. The monoisotopic (exact) mass is 239 g/mol. The molecular formula is C5H13NO2SSr. The zero-order valence-corrected chi connectivity index (χ0v) is 10.3. The average molecular weight is 239 g/mol. The largest absolute Gasteiger partial charge is 2.00 e. The van der Waals surface area contributed by atoms with Crippen molar-refractivity contribution in [2.75, 3.05) is 12.0 Å². The van der Waals surface area contributed by atoms with E-state index in [1.54, 1.807) is 11.8 Å². The maximum absolute atomic E-state index is 10.1. The Morgan fingerprint density at radius 3 is 2.70 bits per heavy atom. The van der Waals surface area contributed by atoms with Crippen molar-refractivity contribution in [1.29, 1.82) is 0 Å². The van der Waals surface area contributed by atoms with Crippen LogP contribution < -0.4 is 5.73 Å². The fourth-order valence-corrected chi connectivity index (χ4v) is 0.858. The van der Waals surface area contributed by atoms with Crippen LogP contribution in [0.3, 0.4) is 0 Å². The Kier molecular flexibility index (Phi) is 11.6. The second-order valence-electron chi connectivity index (χ2n) is 1.73. The van der Waals surface area contributed by atoms with E-state index in [1.807, 2.05) is 6.26 Å². The molecule has 0 aliphatic carbocycles. The van der Waals surface area contributed by atoms with Gasteiger partial charge in [0.25, 0.3) is 0 Å². The Bertz CT molecular complexity index is 109. The van der Waals surface area contributed by atoms with Crippen LogP contribution in [0.2, 0.25) is 0 Å². The first-order chi connectivity index (χ1) is 4.18. The third kappa shape index (κ3) is 7.37. The minimum absolute atomic E-state index is 0. The molecule has 0 aromatic heterocycles. The number of hydrogen-bond acceptors (Lipinski definition) is 3. The molecule has 0 saturated heterocycles. The third-order valence-corrected chi connectivity index (χ3v) is 1.59. The van der Waals surface area contributed by atoms with Gasteiger partial charge in [0.2, 0.25) is 0 Å². The summed E-state index contributed by atoms with van der Waals surface area (Å²) >= 11 is 1.60. The van der Waals surface area contributed by atoms with Crippen LogP contribution in [-0.2, 0) is 4.79 Å². The molecule has 0 heterocycles. The second-order valence-corrected chi connectivity index (χ2v) is 2.71. The second kappa shape index (κ2) is 8.36. The van der Waals surface area contributed by atoms with Crippen LogP contribution in [0, 0.1) is 0 Å². The zero-order chi connectivity index (χ0) is 7.28. The molecule has 0 aromatic rings. The van der Waals surface area contributed by atoms with Gasteiger partial charge in [-0.2, -0.15) is 11.8 Å². The Balaban J connectivity index is -0.000000107. The number of hydrogen-bond donors (Lipinski definition) is 2. The number of thioether (sulfide) groups is 1. The average Bonchev–Trinajstić information content (AvgIpc) is 1.82. The number of rotatable bonds is 4. The minimum atomic E-state index is -0.913. The molecule has 0 saturated carbocycles. The minimum Gasteiger partial charge on any atom is -1.00 e. The van der Waals surface area contributed by atoms with Crippen molar-refractivity contribution in [3.8, 4) is 0 Å². The zero-order valence-electron chi connectivity index (χ0n) is 8.04. The van der Waals surface area contributed by atoms with Crippen molar-refractivity contribution in [3.63, 3.8) is 0 Å². The smallest absolute Gasteiger partial charge is 1.00 e. The maximum Gasteiger partial charge on any atom is 2.00 e. The predicted molar refractivity (Wildman–Crippen MR) is 46.6 cm³/mol. The van der Waals surface area contributed by atoms with Crippen LogP contribution in [0.25, 0.3) is 0 Å². The van der Waals surface area contributed by atoms with Crippen molar-refractivity contribution in [3.05, 3.63) is 0 Å². The molecule has 5 heteroatoms. The van der Waals surface area contributed by atoms with Crippen molar-refractivity contribution in [1.82, 2.24) is 0 Å². The van der Waals surface area contributed by atoms with E-state index >= 15 is 0 Å². The molecule has 1 atom stereocenters. The summed E-state index contributed by atoms with van der Waals surface area (Å²) in [5.74, 6) is -0.1000. The Morgan fingerprint density at radius 1 is 1.90 bits per heavy atom. The quantitative estimate of drug-likeness (QED) is 0.677. The molecule has 0 aromatic carbocycles. The molecule has 3 N–H and O–H groups in total. The van der Waals surface area contributed by atoms with Gasteiger partial charge in [-0.15, -0.1) is 0 Å². The first-order valence-corrected chi connectivity index (χ1v) is 4.05. The molecule has 0 bridgehead atoms. The molecule has 0 amide bonds. The van der Waals surface area contributed by atoms with E-state index < -0.39 is 12.0 Å². The summed E-state index contributed by atoms with van der Waals surface area (Å²) < 4.78 is 0. The van der Waals surface area contributed by atoms with Gasteiger partial charge in [-0.3, -0.25) is 4.79 Å². The molecule has 10 heavy (non-hydrogen) atoms. The normalized spacial score (nSPS) is 11.8. The van der Waals surface area contributed by atoms with E-state index in [0.717, 1.165) is 5.75 Å². The number of nitrogens with two attached hydrogens (primary N) is 1. The molecule has 0 radical (unpaired) electrons. The Hall–Kier alpha value is 1.26. The summed E-state index contributed by atoms with van der Waals surface area (Å²) in [4.78, 5) is 10.1. The number of carbonyl (C=O) groups is 1. The van der Waals surface area contributed by atoms with Gasteiger partial charge < -0.3 is 13.7 Å². The molecule has 3 nitrogen and oxygen atoms in total. The van der Waals surface area contributed by atoms with Gasteiger partial charge in [-0.25, -0.2) is 0 Å². The molecule has 0 aliphatic heterocycles. The maximum atomic E-state index is 10.1. The molecule has 58 valence electrons. The van der Waals surface area contributed by atoms with E-state index in [2.05, 4.69) is 0 Å². The van der Waals surface area contributed by atoms with Gasteiger partial charge in [0, 0.05) is 0 Å². The summed E-state index contributed by atoms with van der Waals surface area (Å²) in [7, 11) is 0. The summed E-state index contributed by atoms with van der Waals surface area (Å²) in [5, 5.41) is 8.27. The van der Waals surface area contributed by atoms with E-state index in [9.17, 15) is 4.79 Å². The van der Waals surface area contributed by atoms with E-state index in [1.165, 1.54) is 0 Å². The van der Waals surface area contributed by atoms with Crippen LogP contribution in [-0.4, -0.2) is 74.6 Å². The molecule has 0 rings (SSSR count). The van der Waals surface area contributed by atoms with Gasteiger partial charge in [0.15, 0.2) is 0 Å². The van der Waals surface area contributed by atoms with Crippen molar-refractivity contribution in [2.45, 2.75) is 12.5 Å². The first kappa shape index (κ1) is 13.8. The van der Waals surface area contributed by atoms with E-state index in [-0.39, 0.29) is 48.3 Å². The summed E-state index contributed by atoms with van der Waals surface area (Å²) in [6, 6.07) is -0.683. The van der Waals surface area contributed by atoms with Crippen LogP contribution in [0.15, 0.2) is 0 Å². The fraction of sp³-hybridized carbons (Fsp3) is 0.800. The third-order valence-electron chi connectivity index (χ3n) is 0.950. The molecule has 0 fully saturated rings. The van der Waals surface area contributed by atoms with Crippen LogP contribution in [0.4, 0.5) is 0 Å². The molecule has 0 aliphatic rings. The number of aliphatic carboxylic acids is 1. The van der Waals surface area contributed by atoms with Crippen molar-refractivity contribution >= 4 is 63.2 Å². The summed E-state index contributed by atoms with van der Waals surface area (Å²) in [6.45, 7) is 0. The van der Waals surface area contributed by atoms with Gasteiger partial charge >= 0.3 is 51.5 Å². The Labute approximate surface area is 105 Å². The van der Waals surface area contributed by atoms with Crippen molar-refractivity contribution in [2.24, 2.45) is 5.73 Å². The summed E-state index contributed by atoms with van der Waals surface area (Å²) in [5.41, 5.74) is 5.19. The number of carboxylic acid groups (broad SMARTS) is 1. The number of carboxylic acids is 1. The SMILES string of the molecule is CSCC[C@H](N)C(=O)O.[H-].[H-].[Sr+2]. The molecular weight excluding hydrogens is 226 g/mol.